The van der Waals surface area contributed by atoms with Crippen molar-refractivity contribution in [3.63, 3.8) is 0 Å². The maximum atomic E-state index is 10.9. The van der Waals surface area contributed by atoms with Crippen LogP contribution in [-0.2, 0) is 4.74 Å². The summed E-state index contributed by atoms with van der Waals surface area (Å²) in [6, 6.07) is 5.25. The fraction of sp³-hybridized carbons (Fsp3) is 0.111. The molecule has 0 fully saturated rings. The van der Waals surface area contributed by atoms with E-state index in [0.29, 0.717) is 11.6 Å². The number of hydrogen-bond donors (Lipinski definition) is 3. The second-order valence-corrected chi connectivity index (χ2v) is 2.98. The Morgan fingerprint density at radius 1 is 1.60 bits per heavy atom. The van der Waals surface area contributed by atoms with Gasteiger partial charge in [0.25, 0.3) is 0 Å². The summed E-state index contributed by atoms with van der Waals surface area (Å²) in [5, 5.41) is 2.43. The zero-order valence-corrected chi connectivity index (χ0v) is 8.07. The summed E-state index contributed by atoms with van der Waals surface area (Å²) in [5.74, 6) is 0.336. The van der Waals surface area contributed by atoms with Gasteiger partial charge in [-0.3, -0.25) is 5.32 Å². The van der Waals surface area contributed by atoms with Crippen molar-refractivity contribution in [2.24, 2.45) is 0 Å². The zero-order chi connectivity index (χ0) is 10.8. The number of ether oxygens (including phenoxy) is 1. The zero-order valence-electron chi connectivity index (χ0n) is 8.07. The Bertz CT molecular complexity index is 506. The van der Waals surface area contributed by atoms with E-state index in [2.05, 4.69) is 20.0 Å². The molecule has 6 nitrogen and oxygen atoms in total. The maximum absolute atomic E-state index is 10.9. The SMILES string of the molecule is COC(=O)Nc1nc2ccc(N)cc2[nH]1. The quantitative estimate of drug-likeness (QED) is 0.613. The maximum Gasteiger partial charge on any atom is 0.413 e. The number of H-pyrrole nitrogens is 1. The molecule has 4 N–H and O–H groups in total. The van der Waals surface area contributed by atoms with Crippen LogP contribution in [-0.4, -0.2) is 23.2 Å². The minimum atomic E-state index is -0.568. The third-order valence-corrected chi connectivity index (χ3v) is 1.91. The highest BCUT2D eigenvalue weighted by molar-refractivity contribution is 5.87. The van der Waals surface area contributed by atoms with Crippen LogP contribution in [0.1, 0.15) is 0 Å². The van der Waals surface area contributed by atoms with Crippen molar-refractivity contribution in [3.8, 4) is 0 Å². The number of amides is 1. The predicted molar refractivity (Wildman–Crippen MR) is 56.5 cm³/mol. The smallest absolute Gasteiger partial charge is 0.413 e. The van der Waals surface area contributed by atoms with Gasteiger partial charge in [0.05, 0.1) is 18.1 Å². The summed E-state index contributed by atoms with van der Waals surface area (Å²) in [6.07, 6.45) is -0.568. The lowest BCUT2D eigenvalue weighted by Crippen LogP contribution is -2.11. The lowest BCUT2D eigenvalue weighted by atomic mass is 10.3. The van der Waals surface area contributed by atoms with Crippen LogP contribution in [0.15, 0.2) is 18.2 Å². The van der Waals surface area contributed by atoms with Gasteiger partial charge in [-0.25, -0.2) is 9.78 Å². The van der Waals surface area contributed by atoms with Crippen LogP contribution >= 0.6 is 0 Å². The van der Waals surface area contributed by atoms with Gasteiger partial charge in [0.2, 0.25) is 5.95 Å². The van der Waals surface area contributed by atoms with E-state index in [1.54, 1.807) is 18.2 Å². The predicted octanol–water partition coefficient (Wildman–Crippen LogP) is 1.32. The Labute approximate surface area is 85.4 Å². The molecular formula is C9H10N4O2. The Kier molecular flexibility index (Phi) is 2.17. The highest BCUT2D eigenvalue weighted by Gasteiger charge is 2.05. The fourth-order valence-corrected chi connectivity index (χ4v) is 1.23. The van der Waals surface area contributed by atoms with Crippen molar-refractivity contribution in [2.45, 2.75) is 0 Å². The standard InChI is InChI=1S/C9H10N4O2/c1-15-9(14)13-8-11-6-3-2-5(10)4-7(6)12-8/h2-4H,10H2,1H3,(H2,11,12,13,14). The number of nitrogens with zero attached hydrogens (tertiary/aromatic N) is 1. The molecule has 1 heterocycles. The normalized spacial score (nSPS) is 10.2. The average Bonchev–Trinajstić information content (AvgIpc) is 2.59. The average molecular weight is 206 g/mol. The van der Waals surface area contributed by atoms with E-state index < -0.39 is 6.09 Å². The topological polar surface area (TPSA) is 93.0 Å². The number of carbonyl (C=O) groups excluding carboxylic acids is 1. The number of nitrogens with two attached hydrogens (primary N) is 1. The number of benzene rings is 1. The third kappa shape index (κ3) is 1.83. The molecule has 0 aliphatic carbocycles. The minimum absolute atomic E-state index is 0.336. The molecule has 0 bridgehead atoms. The Morgan fingerprint density at radius 3 is 3.13 bits per heavy atom. The van der Waals surface area contributed by atoms with E-state index in [1.165, 1.54) is 7.11 Å². The molecule has 0 unspecified atom stereocenters. The molecule has 0 saturated heterocycles. The van der Waals surface area contributed by atoms with Crippen molar-refractivity contribution in [3.05, 3.63) is 18.2 Å². The number of hydrogen-bond acceptors (Lipinski definition) is 4. The van der Waals surface area contributed by atoms with E-state index in [0.717, 1.165) is 11.0 Å². The Balaban J connectivity index is 2.34. The molecule has 2 aromatic rings. The monoisotopic (exact) mass is 206 g/mol. The second kappa shape index (κ2) is 3.49. The van der Waals surface area contributed by atoms with Crippen molar-refractivity contribution in [1.29, 1.82) is 0 Å². The molecule has 1 aromatic heterocycles. The first-order chi connectivity index (χ1) is 7.19. The van der Waals surface area contributed by atoms with Gasteiger partial charge in [0.15, 0.2) is 0 Å². The number of fused-ring (bicyclic) bond motifs is 1. The number of nitrogens with one attached hydrogen (secondary N) is 2. The molecule has 0 aliphatic rings. The number of nitrogen functional groups attached to an aromatic ring is 1. The Hall–Kier alpha value is -2.24. The number of aromatic nitrogens is 2. The lowest BCUT2D eigenvalue weighted by molar-refractivity contribution is 0.186. The van der Waals surface area contributed by atoms with Gasteiger partial charge in [-0.1, -0.05) is 0 Å². The second-order valence-electron chi connectivity index (χ2n) is 2.98. The fourth-order valence-electron chi connectivity index (χ4n) is 1.23. The van der Waals surface area contributed by atoms with E-state index in [1.807, 2.05) is 0 Å². The highest BCUT2D eigenvalue weighted by atomic mass is 16.5. The van der Waals surface area contributed by atoms with Crippen molar-refractivity contribution in [1.82, 2.24) is 9.97 Å². The number of aromatic amines is 1. The van der Waals surface area contributed by atoms with Crippen LogP contribution in [0.4, 0.5) is 16.4 Å². The van der Waals surface area contributed by atoms with Gasteiger partial charge in [-0.05, 0) is 18.2 Å². The summed E-state index contributed by atoms with van der Waals surface area (Å²) >= 11 is 0. The number of imidazole rings is 1. The first-order valence-electron chi connectivity index (χ1n) is 4.29. The van der Waals surface area contributed by atoms with Crippen molar-refractivity contribution >= 4 is 28.8 Å². The first kappa shape index (κ1) is 9.32. The van der Waals surface area contributed by atoms with Crippen LogP contribution < -0.4 is 11.1 Å². The molecule has 2 rings (SSSR count). The molecule has 0 radical (unpaired) electrons. The largest absolute Gasteiger partial charge is 0.453 e. The van der Waals surface area contributed by atoms with Gasteiger partial charge in [-0.2, -0.15) is 0 Å². The lowest BCUT2D eigenvalue weighted by Gasteiger charge is -1.96. The van der Waals surface area contributed by atoms with E-state index in [9.17, 15) is 4.79 Å². The molecule has 1 aromatic carbocycles. The van der Waals surface area contributed by atoms with Crippen LogP contribution in [0.5, 0.6) is 0 Å². The van der Waals surface area contributed by atoms with Crippen LogP contribution in [0.3, 0.4) is 0 Å². The molecule has 0 saturated carbocycles. The van der Waals surface area contributed by atoms with Crippen LogP contribution in [0, 0.1) is 0 Å². The summed E-state index contributed by atoms with van der Waals surface area (Å²) < 4.78 is 4.44. The number of carbonyl (C=O) groups is 1. The minimum Gasteiger partial charge on any atom is -0.453 e. The highest BCUT2D eigenvalue weighted by Crippen LogP contribution is 2.16. The van der Waals surface area contributed by atoms with Gasteiger partial charge < -0.3 is 15.5 Å². The van der Waals surface area contributed by atoms with Crippen LogP contribution in [0.25, 0.3) is 11.0 Å². The number of anilines is 2. The van der Waals surface area contributed by atoms with E-state index in [4.69, 9.17) is 5.73 Å². The van der Waals surface area contributed by atoms with Gasteiger partial charge in [0.1, 0.15) is 0 Å². The van der Waals surface area contributed by atoms with Crippen molar-refractivity contribution < 1.29 is 9.53 Å². The first-order valence-corrected chi connectivity index (χ1v) is 4.29. The van der Waals surface area contributed by atoms with Crippen molar-refractivity contribution in [2.75, 3.05) is 18.2 Å². The van der Waals surface area contributed by atoms with E-state index in [-0.39, 0.29) is 0 Å². The molecule has 15 heavy (non-hydrogen) atoms. The summed E-state index contributed by atoms with van der Waals surface area (Å²) in [6.45, 7) is 0. The van der Waals surface area contributed by atoms with Gasteiger partial charge in [-0.15, -0.1) is 0 Å². The molecule has 1 amide bonds. The Morgan fingerprint density at radius 2 is 2.40 bits per heavy atom. The summed E-state index contributed by atoms with van der Waals surface area (Å²) in [7, 11) is 1.29. The summed E-state index contributed by atoms with van der Waals surface area (Å²) in [4.78, 5) is 17.9. The van der Waals surface area contributed by atoms with E-state index >= 15 is 0 Å². The molecule has 0 spiro atoms. The number of methoxy groups -OCH3 is 1. The molecule has 0 atom stereocenters. The molecule has 0 aliphatic heterocycles. The third-order valence-electron chi connectivity index (χ3n) is 1.91. The molecule has 78 valence electrons. The van der Waals surface area contributed by atoms with Gasteiger partial charge in [0, 0.05) is 5.69 Å². The van der Waals surface area contributed by atoms with Crippen LogP contribution in [0.2, 0.25) is 0 Å². The molecule has 6 heteroatoms. The summed E-state index contributed by atoms with van der Waals surface area (Å²) in [5.41, 5.74) is 7.73. The molecular weight excluding hydrogens is 196 g/mol. The number of rotatable bonds is 1. The van der Waals surface area contributed by atoms with Gasteiger partial charge >= 0.3 is 6.09 Å².